The highest BCUT2D eigenvalue weighted by Gasteiger charge is 2.51. The van der Waals surface area contributed by atoms with E-state index in [0.717, 1.165) is 25.0 Å². The van der Waals surface area contributed by atoms with E-state index in [1.807, 2.05) is 0 Å². The SMILES string of the molecule is CSCCCCCOCCOC1OC(CO)C(O)C(OC2OC(CO)C(O)C(O)C2O)C1NC(C)=O. The monoisotopic (exact) mass is 543 g/mol. The Bertz CT molecular complexity index is 632. The topological polar surface area (TPSA) is 197 Å². The number of amides is 1. The number of rotatable bonds is 15. The molecule has 2 aliphatic heterocycles. The third kappa shape index (κ3) is 8.99. The maximum absolute atomic E-state index is 11.9. The lowest BCUT2D eigenvalue weighted by Gasteiger charge is -2.47. The van der Waals surface area contributed by atoms with Crippen LogP contribution in [0.15, 0.2) is 0 Å². The van der Waals surface area contributed by atoms with Crippen molar-refractivity contribution in [3.63, 3.8) is 0 Å². The second kappa shape index (κ2) is 16.4. The van der Waals surface area contributed by atoms with Gasteiger partial charge in [0.15, 0.2) is 12.6 Å². The summed E-state index contributed by atoms with van der Waals surface area (Å²) in [6.07, 6.45) is -7.79. The van der Waals surface area contributed by atoms with Crippen molar-refractivity contribution in [2.75, 3.05) is 45.0 Å². The third-order valence-corrected chi connectivity index (χ3v) is 6.71. The molecule has 10 unspecified atom stereocenters. The van der Waals surface area contributed by atoms with Crippen LogP contribution < -0.4 is 5.32 Å². The van der Waals surface area contributed by atoms with Crippen LogP contribution in [0, 0.1) is 0 Å². The standard InChI is InChI=1S/C22H41NO12S/c1-12(26)23-15-20(35-22-19(30)18(29)16(27)13(10-24)34-22)17(28)14(11-25)33-21(15)32-8-7-31-6-4-3-5-9-36-2/h13-22,24-25,27-30H,3-11H2,1-2H3,(H,23,26). The molecule has 7 N–H and O–H groups in total. The Balaban J connectivity index is 2.03. The number of ether oxygens (including phenoxy) is 5. The van der Waals surface area contributed by atoms with Crippen LogP contribution in [0.3, 0.4) is 0 Å². The van der Waals surface area contributed by atoms with Crippen molar-refractivity contribution < 1.29 is 59.1 Å². The number of hydrogen-bond donors (Lipinski definition) is 7. The molecule has 212 valence electrons. The van der Waals surface area contributed by atoms with Crippen molar-refractivity contribution >= 4 is 17.7 Å². The molecule has 2 saturated heterocycles. The van der Waals surface area contributed by atoms with Gasteiger partial charge < -0.3 is 59.6 Å². The summed E-state index contributed by atoms with van der Waals surface area (Å²) in [6, 6.07) is -1.10. The van der Waals surface area contributed by atoms with E-state index in [1.165, 1.54) is 6.92 Å². The number of thioether (sulfide) groups is 1. The number of aliphatic hydroxyl groups is 6. The average Bonchev–Trinajstić information content (AvgIpc) is 2.85. The molecule has 0 saturated carbocycles. The lowest BCUT2D eigenvalue weighted by atomic mass is 9.95. The first-order chi connectivity index (χ1) is 17.2. The molecule has 0 bridgehead atoms. The van der Waals surface area contributed by atoms with Crippen molar-refractivity contribution in [2.24, 2.45) is 0 Å². The molecule has 0 aromatic heterocycles. The molecule has 0 spiro atoms. The zero-order chi connectivity index (χ0) is 26.7. The van der Waals surface area contributed by atoms with E-state index in [9.17, 15) is 35.4 Å². The summed E-state index contributed by atoms with van der Waals surface area (Å²) in [7, 11) is 0. The predicted molar refractivity (Wildman–Crippen MR) is 127 cm³/mol. The molecule has 0 aromatic rings. The quantitative estimate of drug-likeness (QED) is 0.106. The molecular weight excluding hydrogens is 502 g/mol. The highest BCUT2D eigenvalue weighted by Crippen LogP contribution is 2.29. The summed E-state index contributed by atoms with van der Waals surface area (Å²) in [6.45, 7) is 0.881. The maximum atomic E-state index is 11.9. The van der Waals surface area contributed by atoms with Crippen LogP contribution in [0.5, 0.6) is 0 Å². The Morgan fingerprint density at radius 1 is 0.861 bits per heavy atom. The zero-order valence-corrected chi connectivity index (χ0v) is 21.5. The van der Waals surface area contributed by atoms with Gasteiger partial charge in [-0.3, -0.25) is 4.79 Å². The normalized spacial score (nSPS) is 37.1. The van der Waals surface area contributed by atoms with Gasteiger partial charge in [0.25, 0.3) is 0 Å². The van der Waals surface area contributed by atoms with Crippen molar-refractivity contribution in [3.05, 3.63) is 0 Å². The van der Waals surface area contributed by atoms with Gasteiger partial charge >= 0.3 is 0 Å². The summed E-state index contributed by atoms with van der Waals surface area (Å²) in [5, 5.41) is 62.9. The molecule has 14 heteroatoms. The van der Waals surface area contributed by atoms with E-state index in [1.54, 1.807) is 11.8 Å². The number of hydrogen-bond acceptors (Lipinski definition) is 13. The minimum atomic E-state index is -1.73. The minimum Gasteiger partial charge on any atom is -0.394 e. The lowest BCUT2D eigenvalue weighted by Crippen LogP contribution is -2.68. The largest absolute Gasteiger partial charge is 0.394 e. The van der Waals surface area contributed by atoms with Gasteiger partial charge in [-0.15, -0.1) is 0 Å². The van der Waals surface area contributed by atoms with Gasteiger partial charge in [-0.1, -0.05) is 6.42 Å². The van der Waals surface area contributed by atoms with E-state index in [0.29, 0.717) is 6.61 Å². The Kier molecular flexibility index (Phi) is 14.4. The first kappa shape index (κ1) is 31.6. The summed E-state index contributed by atoms with van der Waals surface area (Å²) in [4.78, 5) is 11.9. The van der Waals surface area contributed by atoms with Crippen LogP contribution >= 0.6 is 11.8 Å². The van der Waals surface area contributed by atoms with Crippen molar-refractivity contribution in [2.45, 2.75) is 87.5 Å². The van der Waals surface area contributed by atoms with Gasteiger partial charge in [0, 0.05) is 13.5 Å². The van der Waals surface area contributed by atoms with Gasteiger partial charge in [-0.05, 0) is 24.9 Å². The number of carbonyl (C=O) groups is 1. The van der Waals surface area contributed by atoms with Gasteiger partial charge in [-0.25, -0.2) is 0 Å². The van der Waals surface area contributed by atoms with Gasteiger partial charge in [-0.2, -0.15) is 11.8 Å². The van der Waals surface area contributed by atoms with Gasteiger partial charge in [0.05, 0.1) is 26.4 Å². The number of nitrogens with one attached hydrogen (secondary N) is 1. The highest BCUT2D eigenvalue weighted by atomic mass is 32.2. The summed E-state index contributed by atoms with van der Waals surface area (Å²) >= 11 is 1.80. The van der Waals surface area contributed by atoms with Crippen molar-refractivity contribution in [1.82, 2.24) is 5.32 Å². The highest BCUT2D eigenvalue weighted by molar-refractivity contribution is 7.98. The second-order valence-electron chi connectivity index (χ2n) is 8.78. The van der Waals surface area contributed by atoms with E-state index < -0.39 is 80.5 Å². The summed E-state index contributed by atoms with van der Waals surface area (Å²) < 4.78 is 28.1. The van der Waals surface area contributed by atoms with E-state index >= 15 is 0 Å². The van der Waals surface area contributed by atoms with Gasteiger partial charge in [0.2, 0.25) is 5.91 Å². The number of aliphatic hydroxyl groups excluding tert-OH is 6. The fourth-order valence-corrected chi connectivity index (χ4v) is 4.54. The fourth-order valence-electron chi connectivity index (χ4n) is 4.05. The molecule has 10 atom stereocenters. The Hall–Kier alpha value is -0.620. The molecule has 0 radical (unpaired) electrons. The van der Waals surface area contributed by atoms with Crippen molar-refractivity contribution in [1.29, 1.82) is 0 Å². The molecule has 0 aliphatic carbocycles. The summed E-state index contributed by atoms with van der Waals surface area (Å²) in [5.74, 6) is 0.618. The Morgan fingerprint density at radius 2 is 1.53 bits per heavy atom. The van der Waals surface area contributed by atoms with Crippen LogP contribution in [0.2, 0.25) is 0 Å². The van der Waals surface area contributed by atoms with Crippen LogP contribution in [0.1, 0.15) is 26.2 Å². The smallest absolute Gasteiger partial charge is 0.217 e. The fraction of sp³-hybridized carbons (Fsp3) is 0.955. The molecule has 36 heavy (non-hydrogen) atoms. The number of unbranched alkanes of at least 4 members (excludes halogenated alkanes) is 2. The predicted octanol–water partition coefficient (Wildman–Crippen LogP) is -2.68. The zero-order valence-electron chi connectivity index (χ0n) is 20.7. The number of carbonyl (C=O) groups excluding carboxylic acids is 1. The molecule has 2 fully saturated rings. The first-order valence-corrected chi connectivity index (χ1v) is 13.5. The average molecular weight is 544 g/mol. The second-order valence-corrected chi connectivity index (χ2v) is 9.76. The van der Waals surface area contributed by atoms with Gasteiger partial charge in [0.1, 0.15) is 48.8 Å². The minimum absolute atomic E-state index is 0.0899. The molecule has 13 nitrogen and oxygen atoms in total. The molecule has 1 amide bonds. The first-order valence-electron chi connectivity index (χ1n) is 12.1. The Labute approximate surface area is 215 Å². The van der Waals surface area contributed by atoms with E-state index in [4.69, 9.17) is 23.7 Å². The van der Waals surface area contributed by atoms with E-state index in [2.05, 4.69) is 11.6 Å². The van der Waals surface area contributed by atoms with Crippen LogP contribution in [0.25, 0.3) is 0 Å². The summed E-state index contributed by atoms with van der Waals surface area (Å²) in [5.41, 5.74) is 0. The van der Waals surface area contributed by atoms with Crippen LogP contribution in [0.4, 0.5) is 0 Å². The molecule has 2 rings (SSSR count). The molecule has 2 heterocycles. The van der Waals surface area contributed by atoms with Crippen LogP contribution in [-0.4, -0.2) is 143 Å². The maximum Gasteiger partial charge on any atom is 0.217 e. The van der Waals surface area contributed by atoms with E-state index in [-0.39, 0.29) is 13.2 Å². The third-order valence-electron chi connectivity index (χ3n) is 6.01. The lowest BCUT2D eigenvalue weighted by molar-refractivity contribution is -0.345. The molecule has 2 aliphatic rings. The van der Waals surface area contributed by atoms with Crippen molar-refractivity contribution in [3.8, 4) is 0 Å². The molecule has 0 aromatic carbocycles. The Morgan fingerprint density at radius 3 is 2.17 bits per heavy atom. The van der Waals surface area contributed by atoms with Crippen LogP contribution in [-0.2, 0) is 28.5 Å². The molecular formula is C22H41NO12S.